The van der Waals surface area contributed by atoms with Gasteiger partial charge in [-0.05, 0) is 34.1 Å². The third-order valence-corrected chi connectivity index (χ3v) is 4.15. The Morgan fingerprint density at radius 3 is 2.67 bits per heavy atom. The Balaban J connectivity index is 2.24. The van der Waals surface area contributed by atoms with E-state index in [2.05, 4.69) is 21.2 Å². The summed E-state index contributed by atoms with van der Waals surface area (Å²) < 4.78 is 5.80. The minimum Gasteiger partial charge on any atom is -0.467 e. The molecule has 5 heteroatoms. The number of esters is 1. The molecule has 1 atom stereocenters. The summed E-state index contributed by atoms with van der Waals surface area (Å²) in [5, 5.41) is 5.12. The van der Waals surface area contributed by atoms with Crippen molar-refractivity contribution in [1.29, 1.82) is 0 Å². The van der Waals surface area contributed by atoms with Gasteiger partial charge in [-0.3, -0.25) is 0 Å². The number of hydrogen-bond donors (Lipinski definition) is 1. The normalized spacial score (nSPS) is 11.9. The molecule has 3 nitrogen and oxygen atoms in total. The maximum absolute atomic E-state index is 11.8. The first-order valence-electron chi connectivity index (χ1n) is 5.34. The summed E-state index contributed by atoms with van der Waals surface area (Å²) in [6.45, 7) is 0. The van der Waals surface area contributed by atoms with Crippen LogP contribution in [0.3, 0.4) is 0 Å². The number of thiophene rings is 1. The molecule has 0 saturated heterocycles. The van der Waals surface area contributed by atoms with E-state index in [1.54, 1.807) is 0 Å². The maximum atomic E-state index is 11.8. The number of para-hydroxylation sites is 1. The minimum atomic E-state index is -0.478. The Morgan fingerprint density at radius 1 is 1.39 bits per heavy atom. The molecular weight excluding hydrogens is 314 g/mol. The van der Waals surface area contributed by atoms with Gasteiger partial charge in [-0.1, -0.05) is 18.2 Å². The third kappa shape index (κ3) is 3.11. The summed E-state index contributed by atoms with van der Waals surface area (Å²) >= 11 is 4.90. The predicted octanol–water partition coefficient (Wildman–Crippen LogP) is 3.84. The van der Waals surface area contributed by atoms with Gasteiger partial charge in [0.1, 0.15) is 0 Å². The number of carbonyl (C=O) groups excluding carboxylic acids is 1. The standard InChI is InChI=1S/C13H12BrNO2S/c1-17-13(16)12(11-7-9(14)8-18-11)15-10-5-3-2-4-6-10/h2-8,12,15H,1H3. The van der Waals surface area contributed by atoms with Crippen LogP contribution < -0.4 is 5.32 Å². The molecule has 0 amide bonds. The molecule has 1 N–H and O–H groups in total. The number of rotatable bonds is 4. The van der Waals surface area contributed by atoms with Crippen molar-refractivity contribution in [3.8, 4) is 0 Å². The summed E-state index contributed by atoms with van der Waals surface area (Å²) in [6, 6.07) is 11.0. The highest BCUT2D eigenvalue weighted by molar-refractivity contribution is 9.10. The van der Waals surface area contributed by atoms with Crippen LogP contribution >= 0.6 is 27.3 Å². The van der Waals surface area contributed by atoms with Crippen LogP contribution in [0.15, 0.2) is 46.3 Å². The molecule has 0 radical (unpaired) electrons. The van der Waals surface area contributed by atoms with Crippen LogP contribution in [-0.4, -0.2) is 13.1 Å². The van der Waals surface area contributed by atoms with Crippen molar-refractivity contribution in [1.82, 2.24) is 0 Å². The lowest BCUT2D eigenvalue weighted by Gasteiger charge is -2.16. The fourth-order valence-corrected chi connectivity index (χ4v) is 3.03. The molecule has 1 aromatic heterocycles. The van der Waals surface area contributed by atoms with Crippen LogP contribution in [0.25, 0.3) is 0 Å². The number of hydrogen-bond acceptors (Lipinski definition) is 4. The number of methoxy groups -OCH3 is 1. The highest BCUT2D eigenvalue weighted by Crippen LogP contribution is 2.29. The summed E-state index contributed by atoms with van der Waals surface area (Å²) in [4.78, 5) is 12.7. The quantitative estimate of drug-likeness (QED) is 0.868. The first kappa shape index (κ1) is 13.1. The zero-order chi connectivity index (χ0) is 13.0. The molecular formula is C13H12BrNO2S. The minimum absolute atomic E-state index is 0.298. The van der Waals surface area contributed by atoms with Gasteiger partial charge in [0.05, 0.1) is 7.11 Å². The lowest BCUT2D eigenvalue weighted by Crippen LogP contribution is -2.21. The number of halogens is 1. The number of carbonyl (C=O) groups is 1. The van der Waals surface area contributed by atoms with Gasteiger partial charge in [-0.15, -0.1) is 11.3 Å². The predicted molar refractivity (Wildman–Crippen MR) is 76.8 cm³/mol. The van der Waals surface area contributed by atoms with Crippen LogP contribution in [0.5, 0.6) is 0 Å². The summed E-state index contributed by atoms with van der Waals surface area (Å²) in [5.74, 6) is -0.298. The molecule has 0 aliphatic carbocycles. The second-order valence-corrected chi connectivity index (χ2v) is 5.49. The SMILES string of the molecule is COC(=O)C(Nc1ccccc1)c1cc(Br)cs1. The van der Waals surface area contributed by atoms with Crippen molar-refractivity contribution in [2.75, 3.05) is 12.4 Å². The van der Waals surface area contributed by atoms with Crippen molar-refractivity contribution in [3.63, 3.8) is 0 Å². The van der Waals surface area contributed by atoms with E-state index in [0.29, 0.717) is 0 Å². The largest absolute Gasteiger partial charge is 0.467 e. The van der Waals surface area contributed by atoms with Crippen molar-refractivity contribution in [3.05, 3.63) is 51.1 Å². The molecule has 18 heavy (non-hydrogen) atoms. The van der Waals surface area contributed by atoms with Gasteiger partial charge in [-0.2, -0.15) is 0 Å². The second-order valence-electron chi connectivity index (χ2n) is 3.63. The first-order chi connectivity index (χ1) is 8.70. The van der Waals surface area contributed by atoms with Gasteiger partial charge >= 0.3 is 5.97 Å². The Kier molecular flexibility index (Phi) is 4.38. The molecule has 1 aromatic carbocycles. The summed E-state index contributed by atoms with van der Waals surface area (Å²) in [5.41, 5.74) is 0.887. The van der Waals surface area contributed by atoms with E-state index in [1.165, 1.54) is 18.4 Å². The van der Waals surface area contributed by atoms with Crippen molar-refractivity contribution < 1.29 is 9.53 Å². The number of ether oxygens (including phenoxy) is 1. The van der Waals surface area contributed by atoms with Gasteiger partial charge in [0.15, 0.2) is 6.04 Å². The van der Waals surface area contributed by atoms with Crippen LogP contribution in [0.2, 0.25) is 0 Å². The molecule has 94 valence electrons. The van der Waals surface area contributed by atoms with E-state index in [-0.39, 0.29) is 5.97 Å². The van der Waals surface area contributed by atoms with Crippen LogP contribution in [0, 0.1) is 0 Å². The molecule has 0 fully saturated rings. The number of nitrogens with one attached hydrogen (secondary N) is 1. The van der Waals surface area contributed by atoms with Crippen molar-refractivity contribution in [2.45, 2.75) is 6.04 Å². The monoisotopic (exact) mass is 325 g/mol. The molecule has 0 spiro atoms. The van der Waals surface area contributed by atoms with Crippen LogP contribution in [0.1, 0.15) is 10.9 Å². The zero-order valence-corrected chi connectivity index (χ0v) is 12.1. The van der Waals surface area contributed by atoms with E-state index >= 15 is 0 Å². The fourth-order valence-electron chi connectivity index (χ4n) is 1.54. The van der Waals surface area contributed by atoms with Gasteiger partial charge in [0, 0.05) is 20.4 Å². The lowest BCUT2D eigenvalue weighted by molar-refractivity contribution is -0.141. The average Bonchev–Trinajstić information content (AvgIpc) is 2.83. The van der Waals surface area contributed by atoms with Gasteiger partial charge in [-0.25, -0.2) is 4.79 Å². The molecule has 0 bridgehead atoms. The van der Waals surface area contributed by atoms with E-state index < -0.39 is 6.04 Å². The third-order valence-electron chi connectivity index (χ3n) is 2.39. The zero-order valence-electron chi connectivity index (χ0n) is 9.72. The Labute approximate surface area is 118 Å². The van der Waals surface area contributed by atoms with Gasteiger partial charge in [0.2, 0.25) is 0 Å². The van der Waals surface area contributed by atoms with Crippen molar-refractivity contribution >= 4 is 38.9 Å². The van der Waals surface area contributed by atoms with Crippen LogP contribution in [-0.2, 0) is 9.53 Å². The van der Waals surface area contributed by atoms with Crippen LogP contribution in [0.4, 0.5) is 5.69 Å². The second kappa shape index (κ2) is 6.02. The highest BCUT2D eigenvalue weighted by atomic mass is 79.9. The fraction of sp³-hybridized carbons (Fsp3) is 0.154. The highest BCUT2D eigenvalue weighted by Gasteiger charge is 2.22. The van der Waals surface area contributed by atoms with Gasteiger partial charge in [0.25, 0.3) is 0 Å². The molecule has 0 saturated carbocycles. The van der Waals surface area contributed by atoms with Gasteiger partial charge < -0.3 is 10.1 Å². The summed E-state index contributed by atoms with van der Waals surface area (Å²) in [6.07, 6.45) is 0. The van der Waals surface area contributed by atoms with Crippen molar-refractivity contribution in [2.24, 2.45) is 0 Å². The summed E-state index contributed by atoms with van der Waals surface area (Å²) in [7, 11) is 1.39. The van der Waals surface area contributed by atoms with E-state index in [1.807, 2.05) is 41.8 Å². The molecule has 1 heterocycles. The first-order valence-corrected chi connectivity index (χ1v) is 7.01. The van der Waals surface area contributed by atoms with E-state index in [0.717, 1.165) is 15.0 Å². The Hall–Kier alpha value is -1.33. The number of benzene rings is 1. The Morgan fingerprint density at radius 2 is 2.11 bits per heavy atom. The lowest BCUT2D eigenvalue weighted by atomic mass is 10.2. The molecule has 0 aliphatic rings. The topological polar surface area (TPSA) is 38.3 Å². The smallest absolute Gasteiger partial charge is 0.333 e. The average molecular weight is 326 g/mol. The maximum Gasteiger partial charge on any atom is 0.333 e. The molecule has 0 aliphatic heterocycles. The Bertz CT molecular complexity index is 527. The molecule has 2 aromatic rings. The van der Waals surface area contributed by atoms with E-state index in [4.69, 9.17) is 4.74 Å². The number of anilines is 1. The molecule has 2 rings (SSSR count). The molecule has 1 unspecified atom stereocenters. The van der Waals surface area contributed by atoms with E-state index in [9.17, 15) is 4.79 Å².